The summed E-state index contributed by atoms with van der Waals surface area (Å²) in [5.74, 6) is 2.29. The molecule has 138 valence electrons. The van der Waals surface area contributed by atoms with Gasteiger partial charge < -0.3 is 20.3 Å². The molecule has 1 aliphatic heterocycles. The van der Waals surface area contributed by atoms with Gasteiger partial charge in [-0.15, -0.1) is 0 Å². The summed E-state index contributed by atoms with van der Waals surface area (Å²) in [5, 5.41) is 6.20. The Morgan fingerprint density at radius 3 is 2.68 bits per heavy atom. The number of guanidine groups is 1. The molecule has 6 heteroatoms. The Morgan fingerprint density at radius 2 is 2.08 bits per heavy atom. The third-order valence-corrected chi connectivity index (χ3v) is 4.40. The maximum Gasteiger partial charge on any atom is 0.221 e. The Bertz CT molecular complexity index is 607. The molecule has 1 amide bonds. The number of ether oxygens (including phenoxy) is 1. The minimum atomic E-state index is -0.116. The van der Waals surface area contributed by atoms with E-state index < -0.39 is 0 Å². The Balaban J connectivity index is 2.12. The number of piperidine rings is 1. The van der Waals surface area contributed by atoms with Crippen LogP contribution in [0.1, 0.15) is 39.2 Å². The highest BCUT2D eigenvalue weighted by Crippen LogP contribution is 2.26. The van der Waals surface area contributed by atoms with Crippen LogP contribution < -0.4 is 15.4 Å². The fourth-order valence-corrected chi connectivity index (χ4v) is 2.95. The molecule has 0 radical (unpaired) electrons. The number of methoxy groups -OCH3 is 1. The highest BCUT2D eigenvalue weighted by atomic mass is 16.5. The fourth-order valence-electron chi connectivity index (χ4n) is 2.95. The van der Waals surface area contributed by atoms with Crippen molar-refractivity contribution in [3.63, 3.8) is 0 Å². The van der Waals surface area contributed by atoms with Crippen LogP contribution in [0.15, 0.2) is 23.2 Å². The number of nitrogens with one attached hydrogen (secondary N) is 2. The molecule has 6 nitrogen and oxygen atoms in total. The summed E-state index contributed by atoms with van der Waals surface area (Å²) in [6, 6.07) is 5.77. The second-order valence-corrected chi connectivity index (χ2v) is 6.56. The lowest BCUT2D eigenvalue weighted by atomic mass is 10.00. The summed E-state index contributed by atoms with van der Waals surface area (Å²) < 4.78 is 5.30. The molecular formula is C19H30N4O2. The molecule has 1 aliphatic rings. The van der Waals surface area contributed by atoms with Crippen LogP contribution in [0.4, 0.5) is 5.69 Å². The van der Waals surface area contributed by atoms with Crippen LogP contribution in [0.5, 0.6) is 5.75 Å². The van der Waals surface area contributed by atoms with Crippen molar-refractivity contribution in [2.24, 2.45) is 10.9 Å². The van der Waals surface area contributed by atoms with E-state index in [1.54, 1.807) is 7.11 Å². The number of carbonyl (C=O) groups excluding carboxylic acids is 1. The molecule has 0 spiro atoms. The molecule has 1 aromatic rings. The van der Waals surface area contributed by atoms with Crippen molar-refractivity contribution in [1.82, 2.24) is 10.2 Å². The van der Waals surface area contributed by atoms with E-state index in [2.05, 4.69) is 29.4 Å². The van der Waals surface area contributed by atoms with Gasteiger partial charge in [0, 0.05) is 26.6 Å². The van der Waals surface area contributed by atoms with Crippen molar-refractivity contribution in [1.29, 1.82) is 0 Å². The van der Waals surface area contributed by atoms with Crippen molar-refractivity contribution in [3.05, 3.63) is 23.8 Å². The van der Waals surface area contributed by atoms with Gasteiger partial charge in [0.15, 0.2) is 5.96 Å². The summed E-state index contributed by atoms with van der Waals surface area (Å²) in [6.07, 6.45) is 2.42. The number of carbonyl (C=O) groups is 1. The van der Waals surface area contributed by atoms with Gasteiger partial charge in [-0.2, -0.15) is 0 Å². The van der Waals surface area contributed by atoms with Gasteiger partial charge in [-0.05, 0) is 43.4 Å². The number of nitrogens with zero attached hydrogens (tertiary/aromatic N) is 2. The molecule has 0 unspecified atom stereocenters. The van der Waals surface area contributed by atoms with E-state index in [0.717, 1.165) is 37.1 Å². The van der Waals surface area contributed by atoms with Crippen LogP contribution in [0.2, 0.25) is 0 Å². The summed E-state index contributed by atoms with van der Waals surface area (Å²) in [6.45, 7) is 9.40. The van der Waals surface area contributed by atoms with Crippen LogP contribution >= 0.6 is 0 Å². The molecule has 0 bridgehead atoms. The van der Waals surface area contributed by atoms with E-state index in [1.807, 2.05) is 18.2 Å². The van der Waals surface area contributed by atoms with Crippen LogP contribution in [0, 0.1) is 5.92 Å². The monoisotopic (exact) mass is 346 g/mol. The van der Waals surface area contributed by atoms with Gasteiger partial charge in [0.05, 0.1) is 19.3 Å². The third kappa shape index (κ3) is 5.66. The molecule has 25 heavy (non-hydrogen) atoms. The summed E-state index contributed by atoms with van der Waals surface area (Å²) in [5.41, 5.74) is 1.71. The highest BCUT2D eigenvalue weighted by molar-refractivity contribution is 5.90. The maximum atomic E-state index is 11.4. The van der Waals surface area contributed by atoms with Crippen LogP contribution in [-0.4, -0.2) is 43.5 Å². The van der Waals surface area contributed by atoms with Gasteiger partial charge in [-0.25, -0.2) is 4.99 Å². The molecule has 2 rings (SSSR count). The second-order valence-electron chi connectivity index (χ2n) is 6.56. The normalized spacial score (nSPS) is 15.8. The van der Waals surface area contributed by atoms with Gasteiger partial charge in [0.25, 0.3) is 0 Å². The van der Waals surface area contributed by atoms with Crippen molar-refractivity contribution >= 4 is 17.6 Å². The predicted octanol–water partition coefficient (Wildman–Crippen LogP) is 2.85. The lowest BCUT2D eigenvalue weighted by Gasteiger charge is -2.33. The van der Waals surface area contributed by atoms with E-state index >= 15 is 0 Å². The fraction of sp³-hybridized carbons (Fsp3) is 0.579. The molecule has 1 aromatic carbocycles. The van der Waals surface area contributed by atoms with Crippen LogP contribution in [0.25, 0.3) is 0 Å². The van der Waals surface area contributed by atoms with Crippen molar-refractivity contribution < 1.29 is 9.53 Å². The standard InChI is InChI=1S/C19H30N4O2/c1-5-20-19(23-10-8-14(2)9-11-23)21-13-16-6-7-18(25-4)17(12-16)22-15(3)24/h6-7,12,14H,5,8-11,13H2,1-4H3,(H,20,21)(H,22,24). The minimum Gasteiger partial charge on any atom is -0.495 e. The molecule has 2 N–H and O–H groups in total. The van der Waals surface area contributed by atoms with Gasteiger partial charge in [-0.1, -0.05) is 13.0 Å². The summed E-state index contributed by atoms with van der Waals surface area (Å²) >= 11 is 0. The Morgan fingerprint density at radius 1 is 1.36 bits per heavy atom. The SMILES string of the molecule is CCNC(=NCc1ccc(OC)c(NC(C)=O)c1)N1CCC(C)CC1. The molecule has 1 heterocycles. The first-order chi connectivity index (χ1) is 12.0. The molecule has 1 fully saturated rings. The Hall–Kier alpha value is -2.24. The van der Waals surface area contributed by atoms with Gasteiger partial charge in [0.1, 0.15) is 5.75 Å². The highest BCUT2D eigenvalue weighted by Gasteiger charge is 2.18. The lowest BCUT2D eigenvalue weighted by molar-refractivity contribution is -0.114. The third-order valence-electron chi connectivity index (χ3n) is 4.40. The van der Waals surface area contributed by atoms with Gasteiger partial charge >= 0.3 is 0 Å². The average Bonchev–Trinajstić information content (AvgIpc) is 2.59. The number of likely N-dealkylation sites (tertiary alicyclic amines) is 1. The van der Waals surface area contributed by atoms with E-state index in [9.17, 15) is 4.79 Å². The largest absolute Gasteiger partial charge is 0.495 e. The van der Waals surface area contributed by atoms with Crippen molar-refractivity contribution in [3.8, 4) is 5.75 Å². The Labute approximate surface area is 150 Å². The van der Waals surface area contributed by atoms with E-state index in [4.69, 9.17) is 9.73 Å². The number of hydrogen-bond donors (Lipinski definition) is 2. The summed E-state index contributed by atoms with van der Waals surface area (Å²) in [4.78, 5) is 18.5. The quantitative estimate of drug-likeness (QED) is 0.635. The zero-order chi connectivity index (χ0) is 18.2. The van der Waals surface area contributed by atoms with Gasteiger partial charge in [-0.3, -0.25) is 4.79 Å². The molecule has 0 atom stereocenters. The van der Waals surface area contributed by atoms with Crippen LogP contribution in [0.3, 0.4) is 0 Å². The van der Waals surface area contributed by atoms with Crippen molar-refractivity contribution in [2.75, 3.05) is 32.1 Å². The van der Waals surface area contributed by atoms with E-state index in [1.165, 1.54) is 19.8 Å². The summed E-state index contributed by atoms with van der Waals surface area (Å²) in [7, 11) is 1.60. The number of rotatable bonds is 5. The zero-order valence-corrected chi connectivity index (χ0v) is 15.8. The number of anilines is 1. The molecular weight excluding hydrogens is 316 g/mol. The number of amides is 1. The smallest absolute Gasteiger partial charge is 0.221 e. The zero-order valence-electron chi connectivity index (χ0n) is 15.8. The minimum absolute atomic E-state index is 0.116. The van der Waals surface area contributed by atoms with Gasteiger partial charge in [0.2, 0.25) is 5.91 Å². The molecule has 0 saturated carbocycles. The van der Waals surface area contributed by atoms with Crippen LogP contribution in [-0.2, 0) is 11.3 Å². The molecule has 0 aliphatic carbocycles. The first-order valence-electron chi connectivity index (χ1n) is 9.01. The number of benzene rings is 1. The Kier molecular flexibility index (Phi) is 7.10. The van der Waals surface area contributed by atoms with E-state index in [0.29, 0.717) is 18.0 Å². The van der Waals surface area contributed by atoms with E-state index in [-0.39, 0.29) is 5.91 Å². The molecule has 0 aromatic heterocycles. The number of hydrogen-bond acceptors (Lipinski definition) is 3. The predicted molar refractivity (Wildman–Crippen MR) is 102 cm³/mol. The first-order valence-corrected chi connectivity index (χ1v) is 9.01. The lowest BCUT2D eigenvalue weighted by Crippen LogP contribution is -2.45. The maximum absolute atomic E-state index is 11.4. The number of aliphatic imine (C=N–C) groups is 1. The van der Waals surface area contributed by atoms with Crippen molar-refractivity contribution in [2.45, 2.75) is 40.2 Å². The first kappa shape index (κ1) is 19.1. The second kappa shape index (κ2) is 9.30. The average molecular weight is 346 g/mol. The molecule has 1 saturated heterocycles. The topological polar surface area (TPSA) is 66.0 Å².